The Bertz CT molecular complexity index is 282. The number of nitrogens with zero attached hydrogens (tertiary/aromatic N) is 2. The van der Waals surface area contributed by atoms with Gasteiger partial charge in [-0.05, 0) is 26.8 Å². The molecule has 0 saturated heterocycles. The smallest absolute Gasteiger partial charge is 0.187 e. The van der Waals surface area contributed by atoms with Crippen molar-refractivity contribution in [1.29, 1.82) is 0 Å². The normalized spacial score (nSPS) is 13.9. The first-order chi connectivity index (χ1) is 6.97. The Morgan fingerprint density at radius 1 is 1.33 bits per heavy atom. The van der Waals surface area contributed by atoms with Gasteiger partial charge in [-0.25, -0.2) is 9.97 Å². The molecule has 1 aromatic heterocycles. The topological polar surface area (TPSA) is 37.8 Å². The Hall–Kier alpha value is -0.610. The zero-order valence-electron chi connectivity index (χ0n) is 9.82. The lowest BCUT2D eigenvalue weighted by molar-refractivity contribution is 0.429. The average Bonchev–Trinajstić information content (AvgIpc) is 2.15. The molecule has 0 aromatic carbocycles. The Labute approximate surface area is 96.1 Å². The van der Waals surface area contributed by atoms with Crippen molar-refractivity contribution < 1.29 is 0 Å². The molecule has 3 nitrogen and oxygen atoms in total. The van der Waals surface area contributed by atoms with Gasteiger partial charge in [-0.3, -0.25) is 0 Å². The standard InChI is InChI=1S/C11H19N3S/c1-9(8-14-11(2,3)4)15-10-12-6-5-7-13-10/h5-7,9,14H,8H2,1-4H3. The highest BCUT2D eigenvalue weighted by Gasteiger charge is 2.12. The van der Waals surface area contributed by atoms with E-state index in [4.69, 9.17) is 0 Å². The van der Waals surface area contributed by atoms with E-state index in [1.807, 2.05) is 6.07 Å². The van der Waals surface area contributed by atoms with Crippen LogP contribution in [0.3, 0.4) is 0 Å². The van der Waals surface area contributed by atoms with Crippen molar-refractivity contribution in [2.75, 3.05) is 6.54 Å². The molecule has 0 aliphatic carbocycles. The molecular weight excluding hydrogens is 206 g/mol. The molecule has 0 aliphatic heterocycles. The number of hydrogen-bond donors (Lipinski definition) is 1. The minimum absolute atomic E-state index is 0.173. The lowest BCUT2D eigenvalue weighted by Crippen LogP contribution is -2.39. The molecule has 0 spiro atoms. The van der Waals surface area contributed by atoms with Crippen LogP contribution in [-0.4, -0.2) is 27.3 Å². The molecule has 1 heterocycles. The molecule has 0 saturated carbocycles. The van der Waals surface area contributed by atoms with Gasteiger partial charge in [-0.2, -0.15) is 0 Å². The third-order valence-corrected chi connectivity index (χ3v) is 2.76. The maximum absolute atomic E-state index is 4.19. The molecule has 0 amide bonds. The van der Waals surface area contributed by atoms with Gasteiger partial charge in [0.05, 0.1) is 0 Å². The quantitative estimate of drug-likeness (QED) is 0.630. The average molecular weight is 225 g/mol. The number of rotatable bonds is 4. The summed E-state index contributed by atoms with van der Waals surface area (Å²) in [4.78, 5) is 8.37. The Kier molecular flexibility index (Phi) is 4.54. The lowest BCUT2D eigenvalue weighted by atomic mass is 10.1. The van der Waals surface area contributed by atoms with Gasteiger partial charge in [0, 0.05) is 29.7 Å². The maximum Gasteiger partial charge on any atom is 0.187 e. The summed E-state index contributed by atoms with van der Waals surface area (Å²) in [5.74, 6) is 0. The van der Waals surface area contributed by atoms with Gasteiger partial charge in [-0.1, -0.05) is 18.7 Å². The van der Waals surface area contributed by atoms with Crippen LogP contribution in [-0.2, 0) is 0 Å². The second kappa shape index (κ2) is 5.47. The van der Waals surface area contributed by atoms with Gasteiger partial charge >= 0.3 is 0 Å². The summed E-state index contributed by atoms with van der Waals surface area (Å²) in [6, 6.07) is 1.84. The van der Waals surface area contributed by atoms with Gasteiger partial charge in [-0.15, -0.1) is 0 Å². The van der Waals surface area contributed by atoms with Crippen molar-refractivity contribution in [2.45, 2.75) is 43.6 Å². The summed E-state index contributed by atoms with van der Waals surface area (Å²) in [5.41, 5.74) is 0.173. The summed E-state index contributed by atoms with van der Waals surface area (Å²) in [6.07, 6.45) is 3.55. The van der Waals surface area contributed by atoms with Crippen LogP contribution in [0.2, 0.25) is 0 Å². The van der Waals surface area contributed by atoms with E-state index in [2.05, 4.69) is 43.0 Å². The number of thioether (sulfide) groups is 1. The summed E-state index contributed by atoms with van der Waals surface area (Å²) in [6.45, 7) is 9.66. The fourth-order valence-electron chi connectivity index (χ4n) is 1.02. The van der Waals surface area contributed by atoms with E-state index in [-0.39, 0.29) is 5.54 Å². The van der Waals surface area contributed by atoms with E-state index < -0.39 is 0 Å². The first kappa shape index (κ1) is 12.5. The number of aromatic nitrogens is 2. The largest absolute Gasteiger partial charge is 0.311 e. The fraction of sp³-hybridized carbons (Fsp3) is 0.636. The zero-order valence-corrected chi connectivity index (χ0v) is 10.6. The first-order valence-corrected chi connectivity index (χ1v) is 6.04. The van der Waals surface area contributed by atoms with E-state index in [9.17, 15) is 0 Å². The zero-order chi connectivity index (χ0) is 11.3. The van der Waals surface area contributed by atoms with E-state index in [0.29, 0.717) is 5.25 Å². The molecule has 1 N–H and O–H groups in total. The lowest BCUT2D eigenvalue weighted by Gasteiger charge is -2.22. The molecular formula is C11H19N3S. The molecule has 0 bridgehead atoms. The van der Waals surface area contributed by atoms with Crippen molar-refractivity contribution in [2.24, 2.45) is 0 Å². The molecule has 1 aromatic rings. The highest BCUT2D eigenvalue weighted by atomic mass is 32.2. The van der Waals surface area contributed by atoms with Crippen LogP contribution in [0.15, 0.2) is 23.6 Å². The van der Waals surface area contributed by atoms with Gasteiger partial charge in [0.2, 0.25) is 0 Å². The van der Waals surface area contributed by atoms with E-state index in [0.717, 1.165) is 11.7 Å². The van der Waals surface area contributed by atoms with E-state index >= 15 is 0 Å². The predicted octanol–water partition coefficient (Wildman–Crippen LogP) is 2.35. The molecule has 1 rings (SSSR count). The molecule has 0 fully saturated rings. The van der Waals surface area contributed by atoms with Gasteiger partial charge in [0.1, 0.15) is 0 Å². The van der Waals surface area contributed by atoms with Gasteiger partial charge in [0.15, 0.2) is 5.16 Å². The SMILES string of the molecule is CC(CNC(C)(C)C)Sc1ncccn1. The summed E-state index contributed by atoms with van der Waals surface area (Å²) in [5, 5.41) is 4.79. The van der Waals surface area contributed by atoms with Crippen LogP contribution in [0.25, 0.3) is 0 Å². The molecule has 84 valence electrons. The third-order valence-electron chi connectivity index (χ3n) is 1.77. The second-order valence-corrected chi connectivity index (χ2v) is 6.00. The van der Waals surface area contributed by atoms with Crippen molar-refractivity contribution in [1.82, 2.24) is 15.3 Å². The maximum atomic E-state index is 4.19. The minimum atomic E-state index is 0.173. The number of hydrogen-bond acceptors (Lipinski definition) is 4. The second-order valence-electron chi connectivity index (χ2n) is 4.59. The first-order valence-electron chi connectivity index (χ1n) is 5.16. The van der Waals surface area contributed by atoms with Crippen LogP contribution in [0.4, 0.5) is 0 Å². The number of nitrogens with one attached hydrogen (secondary N) is 1. The van der Waals surface area contributed by atoms with Crippen LogP contribution in [0.1, 0.15) is 27.7 Å². The van der Waals surface area contributed by atoms with Crippen molar-refractivity contribution in [3.63, 3.8) is 0 Å². The highest BCUT2D eigenvalue weighted by Crippen LogP contribution is 2.17. The monoisotopic (exact) mass is 225 g/mol. The molecule has 0 aliphatic rings. The fourth-order valence-corrected chi connectivity index (χ4v) is 1.79. The molecule has 0 radical (unpaired) electrons. The summed E-state index contributed by atoms with van der Waals surface area (Å²) in [7, 11) is 0. The minimum Gasteiger partial charge on any atom is -0.311 e. The predicted molar refractivity (Wildman–Crippen MR) is 65.1 cm³/mol. The Balaban J connectivity index is 2.34. The molecule has 1 unspecified atom stereocenters. The third kappa shape index (κ3) is 5.74. The van der Waals surface area contributed by atoms with Crippen LogP contribution in [0.5, 0.6) is 0 Å². The van der Waals surface area contributed by atoms with Crippen molar-refractivity contribution >= 4 is 11.8 Å². The van der Waals surface area contributed by atoms with Crippen LogP contribution >= 0.6 is 11.8 Å². The van der Waals surface area contributed by atoms with Crippen LogP contribution < -0.4 is 5.32 Å². The Morgan fingerprint density at radius 3 is 2.47 bits per heavy atom. The van der Waals surface area contributed by atoms with Crippen LogP contribution in [0, 0.1) is 0 Å². The van der Waals surface area contributed by atoms with E-state index in [1.54, 1.807) is 24.2 Å². The van der Waals surface area contributed by atoms with E-state index in [1.165, 1.54) is 0 Å². The summed E-state index contributed by atoms with van der Waals surface area (Å²) >= 11 is 1.70. The molecule has 15 heavy (non-hydrogen) atoms. The van der Waals surface area contributed by atoms with Crippen molar-refractivity contribution in [3.05, 3.63) is 18.5 Å². The summed E-state index contributed by atoms with van der Waals surface area (Å²) < 4.78 is 0. The highest BCUT2D eigenvalue weighted by molar-refractivity contribution is 7.99. The van der Waals surface area contributed by atoms with Crippen molar-refractivity contribution in [3.8, 4) is 0 Å². The van der Waals surface area contributed by atoms with Gasteiger partial charge in [0.25, 0.3) is 0 Å². The van der Waals surface area contributed by atoms with Gasteiger partial charge < -0.3 is 5.32 Å². The molecule has 4 heteroatoms. The molecule has 1 atom stereocenters. The Morgan fingerprint density at radius 2 is 1.93 bits per heavy atom.